The van der Waals surface area contributed by atoms with Crippen molar-refractivity contribution in [2.45, 2.75) is 52.1 Å². The molecular formula is C17H25N3O. The quantitative estimate of drug-likeness (QED) is 0.869. The SMILES string of the molecule is CCC(C)CC1(CC)C(N)=NC(=O)N1Cc1ccccc1. The molecule has 1 heterocycles. The molecule has 2 atom stereocenters. The molecule has 4 heteroatoms. The molecule has 2 N–H and O–H groups in total. The van der Waals surface area contributed by atoms with Gasteiger partial charge in [-0.2, -0.15) is 4.99 Å². The molecule has 0 bridgehead atoms. The van der Waals surface area contributed by atoms with Crippen LogP contribution in [0.3, 0.4) is 0 Å². The number of nitrogens with zero attached hydrogens (tertiary/aromatic N) is 2. The van der Waals surface area contributed by atoms with Gasteiger partial charge in [0.25, 0.3) is 0 Å². The lowest BCUT2D eigenvalue weighted by molar-refractivity contribution is 0.144. The highest BCUT2D eigenvalue weighted by molar-refractivity contribution is 6.05. The third kappa shape index (κ3) is 2.94. The van der Waals surface area contributed by atoms with E-state index < -0.39 is 5.54 Å². The Labute approximate surface area is 127 Å². The van der Waals surface area contributed by atoms with Crippen molar-refractivity contribution in [3.05, 3.63) is 35.9 Å². The number of amidine groups is 1. The second kappa shape index (κ2) is 6.29. The lowest BCUT2D eigenvalue weighted by Gasteiger charge is -2.39. The average molecular weight is 287 g/mol. The first-order valence-corrected chi connectivity index (χ1v) is 7.73. The van der Waals surface area contributed by atoms with Crippen LogP contribution in [-0.4, -0.2) is 22.3 Å². The summed E-state index contributed by atoms with van der Waals surface area (Å²) < 4.78 is 0. The van der Waals surface area contributed by atoms with E-state index in [9.17, 15) is 4.79 Å². The number of aliphatic imine (C=N–C) groups is 1. The van der Waals surface area contributed by atoms with Crippen molar-refractivity contribution >= 4 is 11.9 Å². The van der Waals surface area contributed by atoms with E-state index in [-0.39, 0.29) is 6.03 Å². The standard InChI is InChI=1S/C17H25N3O/c1-4-13(3)11-17(5-2)15(18)19-16(21)20(17)12-14-9-7-6-8-10-14/h6-10,13H,4-5,11-12H2,1-3H3,(H2,18,19,21). The monoisotopic (exact) mass is 287 g/mol. The largest absolute Gasteiger partial charge is 0.385 e. The number of rotatable bonds is 6. The number of benzene rings is 1. The third-order valence-electron chi connectivity index (χ3n) is 4.59. The van der Waals surface area contributed by atoms with E-state index in [1.54, 1.807) is 0 Å². The summed E-state index contributed by atoms with van der Waals surface area (Å²) in [5.74, 6) is 0.981. The van der Waals surface area contributed by atoms with Crippen LogP contribution >= 0.6 is 0 Å². The molecule has 0 saturated carbocycles. The molecule has 2 rings (SSSR count). The first kappa shape index (κ1) is 15.5. The molecule has 0 aliphatic carbocycles. The Morgan fingerprint density at radius 1 is 1.29 bits per heavy atom. The van der Waals surface area contributed by atoms with Crippen molar-refractivity contribution in [1.82, 2.24) is 4.90 Å². The van der Waals surface area contributed by atoms with Gasteiger partial charge in [0.05, 0.1) is 0 Å². The summed E-state index contributed by atoms with van der Waals surface area (Å²) in [4.78, 5) is 18.2. The highest BCUT2D eigenvalue weighted by Crippen LogP contribution is 2.35. The third-order valence-corrected chi connectivity index (χ3v) is 4.59. The lowest BCUT2D eigenvalue weighted by atomic mass is 9.82. The number of nitrogens with two attached hydrogens (primary N) is 1. The van der Waals surface area contributed by atoms with Gasteiger partial charge in [-0.1, -0.05) is 57.5 Å². The normalized spacial score (nSPS) is 23.3. The number of hydrogen-bond acceptors (Lipinski definition) is 2. The zero-order valence-electron chi connectivity index (χ0n) is 13.2. The van der Waals surface area contributed by atoms with E-state index in [1.807, 2.05) is 35.2 Å². The van der Waals surface area contributed by atoms with E-state index in [0.29, 0.717) is 18.3 Å². The fourth-order valence-electron chi connectivity index (χ4n) is 3.03. The van der Waals surface area contributed by atoms with Crippen LogP contribution in [0.15, 0.2) is 35.3 Å². The second-order valence-corrected chi connectivity index (χ2v) is 5.95. The average Bonchev–Trinajstić information content (AvgIpc) is 2.72. The number of amides is 2. The Kier molecular flexibility index (Phi) is 4.66. The number of hydrogen-bond donors (Lipinski definition) is 1. The Balaban J connectivity index is 2.30. The first-order valence-electron chi connectivity index (χ1n) is 7.73. The number of carbonyl (C=O) groups is 1. The van der Waals surface area contributed by atoms with Gasteiger partial charge in [-0.3, -0.25) is 0 Å². The highest BCUT2D eigenvalue weighted by Gasteiger charge is 2.47. The molecule has 2 amide bonds. The van der Waals surface area contributed by atoms with Crippen molar-refractivity contribution in [3.63, 3.8) is 0 Å². The molecule has 0 saturated heterocycles. The molecule has 21 heavy (non-hydrogen) atoms. The molecule has 0 radical (unpaired) electrons. The Morgan fingerprint density at radius 2 is 1.95 bits per heavy atom. The number of carbonyl (C=O) groups excluding carboxylic acids is 1. The Morgan fingerprint density at radius 3 is 2.52 bits per heavy atom. The Bertz CT molecular complexity index is 526. The first-order chi connectivity index (χ1) is 10.0. The molecule has 0 spiro atoms. The molecule has 2 unspecified atom stereocenters. The van der Waals surface area contributed by atoms with E-state index in [1.165, 1.54) is 0 Å². The summed E-state index contributed by atoms with van der Waals surface area (Å²) in [5, 5.41) is 0. The maximum Gasteiger partial charge on any atom is 0.346 e. The van der Waals surface area contributed by atoms with Gasteiger partial charge in [0.15, 0.2) is 0 Å². The minimum Gasteiger partial charge on any atom is -0.385 e. The van der Waals surface area contributed by atoms with Crippen LogP contribution in [0.25, 0.3) is 0 Å². The van der Waals surface area contributed by atoms with E-state index in [4.69, 9.17) is 5.73 Å². The molecule has 1 aromatic rings. The predicted molar refractivity (Wildman–Crippen MR) is 86.1 cm³/mol. The highest BCUT2D eigenvalue weighted by atomic mass is 16.2. The van der Waals surface area contributed by atoms with Gasteiger partial charge in [0.2, 0.25) is 0 Å². The molecule has 0 fully saturated rings. The van der Waals surface area contributed by atoms with Crippen LogP contribution in [-0.2, 0) is 6.54 Å². The summed E-state index contributed by atoms with van der Waals surface area (Å²) in [7, 11) is 0. The van der Waals surface area contributed by atoms with Crippen molar-refractivity contribution < 1.29 is 4.79 Å². The van der Waals surface area contributed by atoms with Crippen molar-refractivity contribution in [3.8, 4) is 0 Å². The van der Waals surface area contributed by atoms with Gasteiger partial charge in [0.1, 0.15) is 11.4 Å². The minimum atomic E-state index is -0.428. The van der Waals surface area contributed by atoms with Gasteiger partial charge in [-0.15, -0.1) is 0 Å². The second-order valence-electron chi connectivity index (χ2n) is 5.95. The molecular weight excluding hydrogens is 262 g/mol. The molecule has 1 aliphatic rings. The van der Waals surface area contributed by atoms with E-state index in [0.717, 1.165) is 24.8 Å². The van der Waals surface area contributed by atoms with Gasteiger partial charge in [0, 0.05) is 6.54 Å². The summed E-state index contributed by atoms with van der Waals surface area (Å²) in [6.45, 7) is 7.02. The smallest absolute Gasteiger partial charge is 0.346 e. The van der Waals surface area contributed by atoms with Gasteiger partial charge in [-0.05, 0) is 24.3 Å². The Hall–Kier alpha value is -1.84. The minimum absolute atomic E-state index is 0.207. The fraction of sp³-hybridized carbons (Fsp3) is 0.529. The van der Waals surface area contributed by atoms with Gasteiger partial charge < -0.3 is 10.6 Å². The van der Waals surface area contributed by atoms with Crippen molar-refractivity contribution in [2.24, 2.45) is 16.6 Å². The van der Waals surface area contributed by atoms with E-state index in [2.05, 4.69) is 25.8 Å². The summed E-state index contributed by atoms with van der Waals surface area (Å²) in [6, 6.07) is 9.81. The van der Waals surface area contributed by atoms with Crippen LogP contribution in [0.5, 0.6) is 0 Å². The van der Waals surface area contributed by atoms with Crippen molar-refractivity contribution in [2.75, 3.05) is 0 Å². The molecule has 4 nitrogen and oxygen atoms in total. The van der Waals surface area contributed by atoms with Crippen LogP contribution < -0.4 is 5.73 Å². The van der Waals surface area contributed by atoms with Gasteiger partial charge >= 0.3 is 6.03 Å². The van der Waals surface area contributed by atoms with Crippen LogP contribution in [0, 0.1) is 5.92 Å². The number of urea groups is 1. The van der Waals surface area contributed by atoms with Crippen LogP contribution in [0.2, 0.25) is 0 Å². The lowest BCUT2D eigenvalue weighted by Crippen LogP contribution is -2.54. The summed E-state index contributed by atoms with van der Waals surface area (Å²) in [5.41, 5.74) is 6.83. The summed E-state index contributed by atoms with van der Waals surface area (Å²) in [6.07, 6.45) is 2.74. The molecule has 0 aromatic heterocycles. The molecule has 1 aliphatic heterocycles. The maximum absolute atomic E-state index is 12.3. The summed E-state index contributed by atoms with van der Waals surface area (Å²) >= 11 is 0. The molecule has 1 aromatic carbocycles. The topological polar surface area (TPSA) is 58.7 Å². The zero-order valence-corrected chi connectivity index (χ0v) is 13.2. The zero-order chi connectivity index (χ0) is 15.5. The van der Waals surface area contributed by atoms with Crippen LogP contribution in [0.4, 0.5) is 4.79 Å². The predicted octanol–water partition coefficient (Wildman–Crippen LogP) is 3.56. The maximum atomic E-state index is 12.3. The van der Waals surface area contributed by atoms with E-state index >= 15 is 0 Å². The van der Waals surface area contributed by atoms with Gasteiger partial charge in [-0.25, -0.2) is 4.79 Å². The molecule has 114 valence electrons. The van der Waals surface area contributed by atoms with Crippen LogP contribution in [0.1, 0.15) is 45.6 Å². The van der Waals surface area contributed by atoms with Crippen molar-refractivity contribution in [1.29, 1.82) is 0 Å². The fourth-order valence-corrected chi connectivity index (χ4v) is 3.03.